The molecule has 1 rings (SSSR count). The Morgan fingerprint density at radius 2 is 2.29 bits per heavy atom. The second kappa shape index (κ2) is 6.07. The van der Waals surface area contributed by atoms with E-state index in [1.54, 1.807) is 0 Å². The maximum Gasteiger partial charge on any atom is 0.0409 e. The van der Waals surface area contributed by atoms with Crippen LogP contribution in [0.4, 0.5) is 0 Å². The highest BCUT2D eigenvalue weighted by Gasteiger charge is 2.02. The maximum atomic E-state index is 5.89. The molecular weight excluding hydrogens is 217 g/mol. The van der Waals surface area contributed by atoms with Crippen molar-refractivity contribution < 1.29 is 0 Å². The molecule has 0 amide bonds. The summed E-state index contributed by atoms with van der Waals surface area (Å²) in [4.78, 5) is 0. The fraction of sp³-hybridized carbons (Fsp3) is 0.273. The monoisotopic (exact) mass is 229 g/mol. The molecule has 1 atom stereocenters. The van der Waals surface area contributed by atoms with Gasteiger partial charge in [-0.1, -0.05) is 41.4 Å². The quantitative estimate of drug-likeness (QED) is 0.830. The van der Waals surface area contributed by atoms with Gasteiger partial charge >= 0.3 is 0 Å². The summed E-state index contributed by atoms with van der Waals surface area (Å²) in [6.07, 6.45) is 1.86. The van der Waals surface area contributed by atoms with E-state index in [1.165, 1.54) is 11.1 Å². The van der Waals surface area contributed by atoms with E-state index in [2.05, 4.69) is 12.2 Å². The van der Waals surface area contributed by atoms with Gasteiger partial charge in [-0.2, -0.15) is 0 Å². The molecule has 1 aromatic rings. The average Bonchev–Trinajstić information content (AvgIpc) is 2.18. The fourth-order valence-electron chi connectivity index (χ4n) is 1.18. The van der Waals surface area contributed by atoms with Gasteiger partial charge in [0.15, 0.2) is 0 Å². The fourth-order valence-corrected chi connectivity index (χ4v) is 1.47. The molecular formula is C11H13Cl2N. The van der Waals surface area contributed by atoms with Gasteiger partial charge < -0.3 is 5.32 Å². The zero-order valence-electron chi connectivity index (χ0n) is 8.00. The Labute approximate surface area is 94.7 Å². The maximum absolute atomic E-state index is 5.89. The lowest BCUT2D eigenvalue weighted by Gasteiger charge is -2.12. The van der Waals surface area contributed by atoms with Crippen molar-refractivity contribution in [2.45, 2.75) is 13.0 Å². The number of hydrogen-bond donors (Lipinski definition) is 1. The topological polar surface area (TPSA) is 12.0 Å². The number of nitrogens with one attached hydrogen (secondary N) is 1. The molecule has 0 aliphatic heterocycles. The molecule has 0 aliphatic rings. The van der Waals surface area contributed by atoms with Crippen LogP contribution in [0.5, 0.6) is 0 Å². The summed E-state index contributed by atoms with van der Waals surface area (Å²) in [5.74, 6) is 0. The van der Waals surface area contributed by atoms with Crippen molar-refractivity contribution >= 4 is 23.2 Å². The van der Waals surface area contributed by atoms with Gasteiger partial charge in [0.1, 0.15) is 0 Å². The third-order valence-electron chi connectivity index (χ3n) is 1.98. The van der Waals surface area contributed by atoms with Crippen LogP contribution in [-0.4, -0.2) is 6.54 Å². The number of halogens is 2. The Balaban J connectivity index is 2.55. The van der Waals surface area contributed by atoms with Crippen LogP contribution in [0, 0.1) is 0 Å². The first kappa shape index (κ1) is 11.6. The van der Waals surface area contributed by atoms with Gasteiger partial charge in [-0.3, -0.25) is 0 Å². The standard InChI is InChI=1S/C11H13Cl2N/c1-9(14-7-3-6-12)10-4-2-5-11(13)8-10/h2-6,8-9,14H,7H2,1H3/b6-3+/t9-/m1/s1. The normalized spacial score (nSPS) is 13.4. The molecule has 0 spiro atoms. The van der Waals surface area contributed by atoms with Crippen molar-refractivity contribution in [2.24, 2.45) is 0 Å². The molecule has 76 valence electrons. The Morgan fingerprint density at radius 1 is 1.50 bits per heavy atom. The molecule has 0 unspecified atom stereocenters. The minimum atomic E-state index is 0.279. The van der Waals surface area contributed by atoms with Crippen molar-refractivity contribution in [2.75, 3.05) is 6.54 Å². The van der Waals surface area contributed by atoms with Gasteiger partial charge in [0.25, 0.3) is 0 Å². The SMILES string of the molecule is C[C@@H](NC/C=C/Cl)c1cccc(Cl)c1. The van der Waals surface area contributed by atoms with E-state index in [0.29, 0.717) is 0 Å². The lowest BCUT2D eigenvalue weighted by Crippen LogP contribution is -2.18. The summed E-state index contributed by atoms with van der Waals surface area (Å²) in [7, 11) is 0. The molecule has 3 heteroatoms. The second-order valence-electron chi connectivity index (χ2n) is 3.05. The molecule has 0 fully saturated rings. The number of rotatable bonds is 4. The first-order valence-electron chi connectivity index (χ1n) is 4.48. The summed E-state index contributed by atoms with van der Waals surface area (Å²) in [5.41, 5.74) is 2.69. The Hall–Kier alpha value is -0.500. The molecule has 14 heavy (non-hydrogen) atoms. The van der Waals surface area contributed by atoms with E-state index in [0.717, 1.165) is 11.6 Å². The summed E-state index contributed by atoms with van der Waals surface area (Å²) in [5, 5.41) is 4.06. The molecule has 0 radical (unpaired) electrons. The summed E-state index contributed by atoms with van der Waals surface area (Å²) < 4.78 is 0. The van der Waals surface area contributed by atoms with Crippen molar-refractivity contribution in [3.63, 3.8) is 0 Å². The first-order chi connectivity index (χ1) is 6.74. The van der Waals surface area contributed by atoms with Crippen molar-refractivity contribution in [3.8, 4) is 0 Å². The minimum Gasteiger partial charge on any atom is -0.307 e. The molecule has 1 aromatic carbocycles. The van der Waals surface area contributed by atoms with Crippen LogP contribution in [0.1, 0.15) is 18.5 Å². The van der Waals surface area contributed by atoms with E-state index >= 15 is 0 Å². The molecule has 0 bridgehead atoms. The third kappa shape index (κ3) is 3.70. The van der Waals surface area contributed by atoms with Crippen LogP contribution >= 0.6 is 23.2 Å². The molecule has 0 aliphatic carbocycles. The highest BCUT2D eigenvalue weighted by molar-refractivity contribution is 6.30. The van der Waals surface area contributed by atoms with Crippen molar-refractivity contribution in [1.82, 2.24) is 5.32 Å². The molecule has 1 N–H and O–H groups in total. The average molecular weight is 230 g/mol. The summed E-state index contributed by atoms with van der Waals surface area (Å²) in [6.45, 7) is 2.85. The highest BCUT2D eigenvalue weighted by Crippen LogP contribution is 2.16. The van der Waals surface area contributed by atoms with Gasteiger partial charge in [-0.05, 0) is 24.6 Å². The van der Waals surface area contributed by atoms with Gasteiger partial charge in [-0.25, -0.2) is 0 Å². The minimum absolute atomic E-state index is 0.279. The van der Waals surface area contributed by atoms with Crippen LogP contribution < -0.4 is 5.32 Å². The van der Waals surface area contributed by atoms with Crippen molar-refractivity contribution in [3.05, 3.63) is 46.5 Å². The summed E-state index contributed by atoms with van der Waals surface area (Å²) in [6, 6.07) is 8.11. The van der Waals surface area contributed by atoms with E-state index in [4.69, 9.17) is 23.2 Å². The predicted octanol–water partition coefficient (Wildman–Crippen LogP) is 3.74. The van der Waals surface area contributed by atoms with Gasteiger partial charge in [-0.15, -0.1) is 0 Å². The molecule has 0 saturated heterocycles. The third-order valence-corrected chi connectivity index (χ3v) is 2.39. The second-order valence-corrected chi connectivity index (χ2v) is 3.74. The molecule has 0 saturated carbocycles. The summed E-state index contributed by atoms with van der Waals surface area (Å²) >= 11 is 11.3. The zero-order chi connectivity index (χ0) is 10.4. The van der Waals surface area contributed by atoms with E-state index in [-0.39, 0.29) is 6.04 Å². The van der Waals surface area contributed by atoms with E-state index in [9.17, 15) is 0 Å². The smallest absolute Gasteiger partial charge is 0.0409 e. The van der Waals surface area contributed by atoms with Crippen LogP contribution in [-0.2, 0) is 0 Å². The molecule has 0 heterocycles. The Kier molecular flexibility index (Phi) is 5.02. The largest absolute Gasteiger partial charge is 0.307 e. The highest BCUT2D eigenvalue weighted by atomic mass is 35.5. The van der Waals surface area contributed by atoms with Gasteiger partial charge in [0.05, 0.1) is 0 Å². The molecule has 0 aromatic heterocycles. The van der Waals surface area contributed by atoms with E-state index in [1.807, 2.05) is 30.3 Å². The van der Waals surface area contributed by atoms with Crippen molar-refractivity contribution in [1.29, 1.82) is 0 Å². The van der Waals surface area contributed by atoms with Gasteiger partial charge in [0, 0.05) is 23.1 Å². The number of hydrogen-bond acceptors (Lipinski definition) is 1. The lowest BCUT2D eigenvalue weighted by molar-refractivity contribution is 0.617. The zero-order valence-corrected chi connectivity index (χ0v) is 9.52. The first-order valence-corrected chi connectivity index (χ1v) is 5.29. The Bertz CT molecular complexity index is 310. The molecule has 1 nitrogen and oxygen atoms in total. The van der Waals surface area contributed by atoms with E-state index < -0.39 is 0 Å². The van der Waals surface area contributed by atoms with Crippen LogP contribution in [0.15, 0.2) is 35.9 Å². The predicted molar refractivity (Wildman–Crippen MR) is 62.9 cm³/mol. The lowest BCUT2D eigenvalue weighted by atomic mass is 10.1. The number of benzene rings is 1. The van der Waals surface area contributed by atoms with Gasteiger partial charge in [0.2, 0.25) is 0 Å². The van der Waals surface area contributed by atoms with Crippen LogP contribution in [0.3, 0.4) is 0 Å². The van der Waals surface area contributed by atoms with Crippen LogP contribution in [0.2, 0.25) is 5.02 Å². The Morgan fingerprint density at radius 3 is 2.93 bits per heavy atom. The van der Waals surface area contributed by atoms with Crippen LogP contribution in [0.25, 0.3) is 0 Å².